The van der Waals surface area contributed by atoms with Gasteiger partial charge in [0.1, 0.15) is 12.4 Å². The van der Waals surface area contributed by atoms with Crippen LogP contribution in [-0.4, -0.2) is 19.6 Å². The van der Waals surface area contributed by atoms with Crippen molar-refractivity contribution in [3.63, 3.8) is 0 Å². The molecule has 0 fully saturated rings. The molecule has 3 rings (SSSR count). The van der Waals surface area contributed by atoms with Gasteiger partial charge in [0.05, 0.1) is 19.4 Å². The monoisotopic (exact) mass is 465 g/mol. The number of amides is 1. The number of hydrogen-bond acceptors (Lipinski definition) is 4. The highest BCUT2D eigenvalue weighted by molar-refractivity contribution is 6.30. The van der Waals surface area contributed by atoms with Gasteiger partial charge in [-0.15, -0.1) is 0 Å². The summed E-state index contributed by atoms with van der Waals surface area (Å²) < 4.78 is 17.1. The van der Waals surface area contributed by atoms with E-state index in [9.17, 15) is 4.79 Å². The van der Waals surface area contributed by atoms with Gasteiger partial charge >= 0.3 is 0 Å². The minimum absolute atomic E-state index is 0.247. The van der Waals surface area contributed by atoms with Crippen LogP contribution in [-0.2, 0) is 11.4 Å². The van der Waals surface area contributed by atoms with E-state index in [1.165, 1.54) is 6.08 Å². The number of para-hydroxylation sites is 2. The number of methoxy groups -OCH3 is 1. The molecule has 0 radical (unpaired) electrons. The molecule has 0 aliphatic carbocycles. The fraction of sp³-hybridized carbons (Fsp3) is 0.222. The SMILES string of the molecule is CCCCOc1ccccc1NC(=O)C=Cc1ccc(OCc2ccc(Cl)cc2)c(OC)c1. The van der Waals surface area contributed by atoms with Crippen LogP contribution in [0.4, 0.5) is 5.69 Å². The van der Waals surface area contributed by atoms with Gasteiger partial charge in [-0.25, -0.2) is 0 Å². The van der Waals surface area contributed by atoms with Crippen LogP contribution in [0.3, 0.4) is 0 Å². The third kappa shape index (κ3) is 7.58. The van der Waals surface area contributed by atoms with Crippen molar-refractivity contribution in [2.24, 2.45) is 0 Å². The number of carbonyl (C=O) groups is 1. The number of rotatable bonds is 11. The maximum absolute atomic E-state index is 12.5. The van der Waals surface area contributed by atoms with Gasteiger partial charge in [0, 0.05) is 11.1 Å². The first-order chi connectivity index (χ1) is 16.1. The molecule has 0 aliphatic heterocycles. The standard InChI is InChI=1S/C27H28ClNO4/c1-3-4-17-32-24-8-6-5-7-23(24)29-27(30)16-12-20-11-15-25(26(18-20)31-2)33-19-21-9-13-22(28)14-10-21/h5-16,18H,3-4,17,19H2,1-2H3,(H,29,30). The molecule has 0 saturated heterocycles. The molecule has 3 aromatic rings. The lowest BCUT2D eigenvalue weighted by atomic mass is 10.2. The van der Waals surface area contributed by atoms with E-state index in [0.717, 1.165) is 24.0 Å². The van der Waals surface area contributed by atoms with Crippen LogP contribution in [0.5, 0.6) is 17.2 Å². The lowest BCUT2D eigenvalue weighted by molar-refractivity contribution is -0.111. The second kappa shape index (κ2) is 12.6. The molecule has 172 valence electrons. The Hall–Kier alpha value is -3.44. The molecule has 0 saturated carbocycles. The lowest BCUT2D eigenvalue weighted by Gasteiger charge is -2.12. The fourth-order valence-corrected chi connectivity index (χ4v) is 3.14. The minimum atomic E-state index is -0.247. The summed E-state index contributed by atoms with van der Waals surface area (Å²) in [6.45, 7) is 3.12. The van der Waals surface area contributed by atoms with Crippen molar-refractivity contribution in [3.8, 4) is 17.2 Å². The molecule has 3 aromatic carbocycles. The lowest BCUT2D eigenvalue weighted by Crippen LogP contribution is -2.09. The van der Waals surface area contributed by atoms with Gasteiger partial charge in [0.25, 0.3) is 0 Å². The number of anilines is 1. The summed E-state index contributed by atoms with van der Waals surface area (Å²) in [4.78, 5) is 12.5. The van der Waals surface area contributed by atoms with Crippen LogP contribution in [0.1, 0.15) is 30.9 Å². The van der Waals surface area contributed by atoms with E-state index in [0.29, 0.717) is 41.2 Å². The summed E-state index contributed by atoms with van der Waals surface area (Å²) in [5.41, 5.74) is 2.46. The largest absolute Gasteiger partial charge is 0.493 e. The number of benzene rings is 3. The van der Waals surface area contributed by atoms with Gasteiger partial charge in [0.15, 0.2) is 11.5 Å². The Kier molecular flexibility index (Phi) is 9.21. The number of hydrogen-bond donors (Lipinski definition) is 1. The second-order valence-electron chi connectivity index (χ2n) is 7.35. The Balaban J connectivity index is 1.61. The fourth-order valence-electron chi connectivity index (χ4n) is 3.02. The van der Waals surface area contributed by atoms with Crippen molar-refractivity contribution in [1.82, 2.24) is 0 Å². The molecule has 5 nitrogen and oxygen atoms in total. The van der Waals surface area contributed by atoms with Crippen molar-refractivity contribution < 1.29 is 19.0 Å². The van der Waals surface area contributed by atoms with E-state index >= 15 is 0 Å². The van der Waals surface area contributed by atoms with E-state index in [1.807, 2.05) is 66.7 Å². The predicted molar refractivity (Wildman–Crippen MR) is 133 cm³/mol. The van der Waals surface area contributed by atoms with Gasteiger partial charge in [0.2, 0.25) is 5.91 Å². The maximum Gasteiger partial charge on any atom is 0.248 e. The highest BCUT2D eigenvalue weighted by atomic mass is 35.5. The van der Waals surface area contributed by atoms with Crippen LogP contribution in [0.25, 0.3) is 6.08 Å². The van der Waals surface area contributed by atoms with E-state index in [4.69, 9.17) is 25.8 Å². The van der Waals surface area contributed by atoms with Crippen LogP contribution in [0.2, 0.25) is 5.02 Å². The van der Waals surface area contributed by atoms with Crippen LogP contribution in [0.15, 0.2) is 72.8 Å². The highest BCUT2D eigenvalue weighted by Gasteiger charge is 2.08. The molecule has 0 spiro atoms. The zero-order valence-electron chi connectivity index (χ0n) is 18.8. The molecular weight excluding hydrogens is 438 g/mol. The number of halogens is 1. The summed E-state index contributed by atoms with van der Waals surface area (Å²) >= 11 is 5.92. The molecule has 1 N–H and O–H groups in total. The van der Waals surface area contributed by atoms with Crippen molar-refractivity contribution >= 4 is 29.3 Å². The number of unbranched alkanes of at least 4 members (excludes halogenated alkanes) is 1. The van der Waals surface area contributed by atoms with Gasteiger partial charge < -0.3 is 19.5 Å². The van der Waals surface area contributed by atoms with Crippen molar-refractivity contribution in [1.29, 1.82) is 0 Å². The smallest absolute Gasteiger partial charge is 0.248 e. The summed E-state index contributed by atoms with van der Waals surface area (Å²) in [6.07, 6.45) is 5.21. The summed E-state index contributed by atoms with van der Waals surface area (Å²) in [7, 11) is 1.58. The minimum Gasteiger partial charge on any atom is -0.493 e. The zero-order valence-corrected chi connectivity index (χ0v) is 19.6. The van der Waals surface area contributed by atoms with Crippen LogP contribution >= 0.6 is 11.6 Å². The van der Waals surface area contributed by atoms with E-state index in [-0.39, 0.29) is 5.91 Å². The molecule has 0 atom stereocenters. The average molecular weight is 466 g/mol. The van der Waals surface area contributed by atoms with E-state index in [1.54, 1.807) is 13.2 Å². The molecule has 0 aliphatic rings. The topological polar surface area (TPSA) is 56.8 Å². The summed E-state index contributed by atoms with van der Waals surface area (Å²) in [5, 5.41) is 3.56. The quantitative estimate of drug-likeness (QED) is 0.251. The average Bonchev–Trinajstić information content (AvgIpc) is 2.84. The first-order valence-electron chi connectivity index (χ1n) is 10.8. The Labute approximate surface area is 199 Å². The predicted octanol–water partition coefficient (Wildman–Crippen LogP) is 6.76. The molecular formula is C27H28ClNO4. The third-order valence-corrected chi connectivity index (χ3v) is 5.07. The maximum atomic E-state index is 12.5. The highest BCUT2D eigenvalue weighted by Crippen LogP contribution is 2.29. The Morgan fingerprint density at radius 2 is 1.76 bits per heavy atom. The van der Waals surface area contributed by atoms with Gasteiger partial charge in [-0.1, -0.05) is 55.3 Å². The van der Waals surface area contributed by atoms with E-state index < -0.39 is 0 Å². The van der Waals surface area contributed by atoms with Crippen molar-refractivity contribution in [2.75, 3.05) is 19.0 Å². The van der Waals surface area contributed by atoms with Crippen molar-refractivity contribution in [2.45, 2.75) is 26.4 Å². The molecule has 0 heterocycles. The summed E-state index contributed by atoms with van der Waals surface area (Å²) in [6, 6.07) is 20.4. The van der Waals surface area contributed by atoms with Gasteiger partial charge in [-0.3, -0.25) is 4.79 Å². The number of nitrogens with one attached hydrogen (secondary N) is 1. The molecule has 1 amide bonds. The summed E-state index contributed by atoms with van der Waals surface area (Å²) in [5.74, 6) is 1.62. The normalized spacial score (nSPS) is 10.8. The molecule has 0 aromatic heterocycles. The van der Waals surface area contributed by atoms with Gasteiger partial charge in [-0.2, -0.15) is 0 Å². The molecule has 0 unspecified atom stereocenters. The molecule has 0 bridgehead atoms. The molecule has 6 heteroatoms. The third-order valence-electron chi connectivity index (χ3n) is 4.82. The Morgan fingerprint density at radius 1 is 0.970 bits per heavy atom. The molecule has 33 heavy (non-hydrogen) atoms. The number of ether oxygens (including phenoxy) is 3. The van der Waals surface area contributed by atoms with E-state index in [2.05, 4.69) is 12.2 Å². The van der Waals surface area contributed by atoms with Crippen LogP contribution < -0.4 is 19.5 Å². The first-order valence-corrected chi connectivity index (χ1v) is 11.2. The second-order valence-corrected chi connectivity index (χ2v) is 7.78. The zero-order chi connectivity index (χ0) is 23.5. The Morgan fingerprint density at radius 3 is 2.52 bits per heavy atom. The number of carbonyl (C=O) groups excluding carboxylic acids is 1. The Bertz CT molecular complexity index is 1080. The first kappa shape index (κ1) is 24.2. The van der Waals surface area contributed by atoms with Crippen LogP contribution in [0, 0.1) is 0 Å². The van der Waals surface area contributed by atoms with Gasteiger partial charge in [-0.05, 0) is 60.0 Å². The van der Waals surface area contributed by atoms with Crippen molar-refractivity contribution in [3.05, 3.63) is 89.0 Å².